The van der Waals surface area contributed by atoms with Crippen LogP contribution in [-0.4, -0.2) is 18.0 Å². The van der Waals surface area contributed by atoms with Crippen LogP contribution < -0.4 is 15.5 Å². The van der Waals surface area contributed by atoms with E-state index in [4.69, 9.17) is 21.6 Å². The van der Waals surface area contributed by atoms with Gasteiger partial charge in [0, 0.05) is 16.3 Å². The van der Waals surface area contributed by atoms with E-state index < -0.39 is 11.8 Å². The summed E-state index contributed by atoms with van der Waals surface area (Å²) in [5, 5.41) is 15.6. The predicted molar refractivity (Wildman–Crippen MR) is 122 cm³/mol. The summed E-state index contributed by atoms with van der Waals surface area (Å²) in [6.07, 6.45) is 1.69. The van der Waals surface area contributed by atoms with Crippen LogP contribution >= 0.6 is 11.6 Å². The highest BCUT2D eigenvalue weighted by molar-refractivity contribution is 6.39. The number of hydrazone groups is 1. The lowest BCUT2D eigenvalue weighted by Gasteiger charge is -2.07. The van der Waals surface area contributed by atoms with Crippen molar-refractivity contribution in [2.75, 3.05) is 5.32 Å². The van der Waals surface area contributed by atoms with Gasteiger partial charge in [-0.1, -0.05) is 41.9 Å². The summed E-state index contributed by atoms with van der Waals surface area (Å²) in [4.78, 5) is 23.8. The molecule has 0 saturated heterocycles. The van der Waals surface area contributed by atoms with Gasteiger partial charge in [0.25, 0.3) is 0 Å². The molecular formula is C24H19ClN4O3. The number of anilines is 1. The van der Waals surface area contributed by atoms with E-state index in [1.807, 2.05) is 24.3 Å². The molecule has 0 fully saturated rings. The molecule has 0 spiro atoms. The molecule has 0 aliphatic heterocycles. The molecule has 0 aromatic heterocycles. The zero-order valence-corrected chi connectivity index (χ0v) is 17.7. The summed E-state index contributed by atoms with van der Waals surface area (Å²) >= 11 is 6.11. The van der Waals surface area contributed by atoms with E-state index >= 15 is 0 Å². The molecule has 2 amide bonds. The largest absolute Gasteiger partial charge is 0.489 e. The van der Waals surface area contributed by atoms with Crippen LogP contribution in [-0.2, 0) is 22.6 Å². The van der Waals surface area contributed by atoms with E-state index in [0.29, 0.717) is 28.6 Å². The Morgan fingerprint density at radius 3 is 2.41 bits per heavy atom. The molecule has 160 valence electrons. The Hall–Kier alpha value is -4.15. The average Bonchev–Trinajstić information content (AvgIpc) is 2.81. The van der Waals surface area contributed by atoms with Crippen molar-refractivity contribution in [2.45, 2.75) is 13.0 Å². The number of halogens is 1. The first-order valence-corrected chi connectivity index (χ1v) is 9.99. The fourth-order valence-corrected chi connectivity index (χ4v) is 2.82. The number of hydrogen-bond acceptors (Lipinski definition) is 5. The van der Waals surface area contributed by atoms with E-state index in [2.05, 4.69) is 15.8 Å². The highest BCUT2D eigenvalue weighted by Gasteiger charge is 2.12. The second-order valence-corrected chi connectivity index (χ2v) is 7.04. The van der Waals surface area contributed by atoms with Crippen molar-refractivity contribution < 1.29 is 14.3 Å². The number of hydrogen-bond donors (Lipinski definition) is 2. The van der Waals surface area contributed by atoms with Crippen molar-refractivity contribution >= 4 is 35.3 Å². The molecule has 0 atom stereocenters. The lowest BCUT2D eigenvalue weighted by atomic mass is 10.1. The Balaban J connectivity index is 1.46. The average molecular weight is 447 g/mol. The van der Waals surface area contributed by atoms with E-state index in [-0.39, 0.29) is 6.42 Å². The Morgan fingerprint density at radius 2 is 1.72 bits per heavy atom. The molecule has 2 N–H and O–H groups in total. The van der Waals surface area contributed by atoms with E-state index in [1.165, 1.54) is 6.21 Å². The third kappa shape index (κ3) is 6.69. The van der Waals surface area contributed by atoms with Crippen LogP contribution in [0.3, 0.4) is 0 Å². The molecule has 0 aliphatic carbocycles. The highest BCUT2D eigenvalue weighted by Crippen LogP contribution is 2.18. The monoisotopic (exact) mass is 446 g/mol. The molecule has 7 nitrogen and oxygen atoms in total. The molecule has 0 bridgehead atoms. The Morgan fingerprint density at radius 1 is 1.00 bits per heavy atom. The maximum Gasteiger partial charge on any atom is 0.329 e. The molecule has 0 aliphatic rings. The van der Waals surface area contributed by atoms with Gasteiger partial charge in [-0.15, -0.1) is 0 Å². The van der Waals surface area contributed by atoms with Crippen molar-refractivity contribution in [3.8, 4) is 11.8 Å². The predicted octanol–water partition coefficient (Wildman–Crippen LogP) is 4.07. The van der Waals surface area contributed by atoms with Gasteiger partial charge >= 0.3 is 11.8 Å². The van der Waals surface area contributed by atoms with Crippen LogP contribution in [0.2, 0.25) is 5.02 Å². The van der Waals surface area contributed by atoms with Crippen LogP contribution in [0.4, 0.5) is 5.69 Å². The van der Waals surface area contributed by atoms with Gasteiger partial charge in [-0.3, -0.25) is 9.59 Å². The SMILES string of the molecule is N#CCc1ccc(NC(=O)C(=O)N/N=C/c2ccc(OCc3ccccc3Cl)cc2)cc1. The molecule has 3 aromatic carbocycles. The van der Waals surface area contributed by atoms with Gasteiger partial charge in [-0.2, -0.15) is 10.4 Å². The first-order valence-electron chi connectivity index (χ1n) is 9.61. The second kappa shape index (κ2) is 11.3. The molecule has 0 saturated carbocycles. The standard InChI is InChI=1S/C24H19ClN4O3/c25-22-4-2-1-3-19(22)16-32-21-11-7-18(8-12-21)15-27-29-24(31)23(30)28-20-9-5-17(6-10-20)13-14-26/h1-12,15H,13,16H2,(H,28,30)(H,29,31)/b27-15+. The number of nitriles is 1. The minimum Gasteiger partial charge on any atom is -0.489 e. The number of benzene rings is 3. The minimum absolute atomic E-state index is 0.276. The number of carbonyl (C=O) groups excluding carboxylic acids is 2. The summed E-state index contributed by atoms with van der Waals surface area (Å²) in [5.41, 5.74) is 5.05. The molecular weight excluding hydrogens is 428 g/mol. The van der Waals surface area contributed by atoms with Gasteiger partial charge in [0.15, 0.2) is 0 Å². The third-order valence-corrected chi connectivity index (χ3v) is 4.68. The topological polar surface area (TPSA) is 104 Å². The van der Waals surface area contributed by atoms with Crippen LogP contribution in [0.5, 0.6) is 5.75 Å². The number of amides is 2. The maximum atomic E-state index is 11.9. The van der Waals surface area contributed by atoms with Crippen molar-refractivity contribution in [2.24, 2.45) is 5.10 Å². The number of nitrogens with one attached hydrogen (secondary N) is 2. The van der Waals surface area contributed by atoms with Crippen LogP contribution in [0.1, 0.15) is 16.7 Å². The minimum atomic E-state index is -0.901. The van der Waals surface area contributed by atoms with Gasteiger partial charge in [-0.05, 0) is 53.6 Å². The van der Waals surface area contributed by atoms with E-state index in [0.717, 1.165) is 11.1 Å². The van der Waals surface area contributed by atoms with Crippen molar-refractivity contribution in [1.82, 2.24) is 5.43 Å². The number of ether oxygens (including phenoxy) is 1. The molecule has 32 heavy (non-hydrogen) atoms. The summed E-state index contributed by atoms with van der Waals surface area (Å²) in [7, 11) is 0. The van der Waals surface area contributed by atoms with Crippen molar-refractivity contribution in [3.05, 3.63) is 94.5 Å². The van der Waals surface area contributed by atoms with Gasteiger partial charge in [0.1, 0.15) is 12.4 Å². The Bertz CT molecular complexity index is 1150. The molecule has 8 heteroatoms. The van der Waals surface area contributed by atoms with Gasteiger partial charge in [0.05, 0.1) is 18.7 Å². The fraction of sp³-hybridized carbons (Fsp3) is 0.0833. The Labute approximate surface area is 190 Å². The molecule has 0 unspecified atom stereocenters. The zero-order valence-electron chi connectivity index (χ0n) is 16.9. The smallest absolute Gasteiger partial charge is 0.329 e. The summed E-state index contributed by atoms with van der Waals surface area (Å²) in [5.74, 6) is -1.09. The zero-order chi connectivity index (χ0) is 22.8. The fourth-order valence-electron chi connectivity index (χ4n) is 2.63. The lowest BCUT2D eigenvalue weighted by molar-refractivity contribution is -0.136. The Kier molecular flexibility index (Phi) is 7.96. The quantitative estimate of drug-likeness (QED) is 0.324. The van der Waals surface area contributed by atoms with Gasteiger partial charge in [-0.25, -0.2) is 5.43 Å². The molecule has 3 aromatic rings. The summed E-state index contributed by atoms with van der Waals surface area (Å²) in [6.45, 7) is 0.347. The van der Waals surface area contributed by atoms with Crippen LogP contribution in [0.15, 0.2) is 77.9 Å². The van der Waals surface area contributed by atoms with Crippen LogP contribution in [0.25, 0.3) is 0 Å². The van der Waals surface area contributed by atoms with Gasteiger partial charge < -0.3 is 10.1 Å². The van der Waals surface area contributed by atoms with Crippen molar-refractivity contribution in [1.29, 1.82) is 5.26 Å². The van der Waals surface area contributed by atoms with Gasteiger partial charge in [0.2, 0.25) is 0 Å². The molecule has 0 heterocycles. The summed E-state index contributed by atoms with van der Waals surface area (Å²) in [6, 6.07) is 23.2. The first-order chi connectivity index (χ1) is 15.5. The molecule has 0 radical (unpaired) electrons. The first kappa shape index (κ1) is 22.5. The highest BCUT2D eigenvalue weighted by atomic mass is 35.5. The van der Waals surface area contributed by atoms with Crippen LogP contribution in [0, 0.1) is 11.3 Å². The second-order valence-electron chi connectivity index (χ2n) is 6.63. The summed E-state index contributed by atoms with van der Waals surface area (Å²) < 4.78 is 5.71. The lowest BCUT2D eigenvalue weighted by Crippen LogP contribution is -2.32. The number of carbonyl (C=O) groups is 2. The van der Waals surface area contributed by atoms with Crippen molar-refractivity contribution in [3.63, 3.8) is 0 Å². The normalized spacial score (nSPS) is 10.4. The number of nitrogens with zero attached hydrogens (tertiary/aromatic N) is 2. The van der Waals surface area contributed by atoms with E-state index in [9.17, 15) is 9.59 Å². The maximum absolute atomic E-state index is 11.9. The molecule has 3 rings (SSSR count). The number of rotatable bonds is 7. The van der Waals surface area contributed by atoms with E-state index in [1.54, 1.807) is 54.6 Å². The third-order valence-electron chi connectivity index (χ3n) is 4.31.